The number of carbonyl (C=O) groups excluding carboxylic acids is 3. The Hall–Kier alpha value is -3.94. The molecule has 3 heterocycles. The molecule has 5 rings (SSSR count). The van der Waals surface area contributed by atoms with E-state index in [1.807, 2.05) is 6.07 Å². The van der Waals surface area contributed by atoms with Gasteiger partial charge in [0.05, 0.1) is 11.1 Å². The maximum Gasteiger partial charge on any atom is 0.267 e. The quantitative estimate of drug-likeness (QED) is 0.575. The van der Waals surface area contributed by atoms with Crippen LogP contribution in [0.3, 0.4) is 0 Å². The SMILES string of the molecule is Cc1cccc(N2CCN(C(=O)c3ccc4c(c3)C(=O)N(c3cc(C)on3)C4=O)CC2C)c1. The van der Waals surface area contributed by atoms with Gasteiger partial charge in [-0.25, -0.2) is 4.90 Å². The first-order valence-corrected chi connectivity index (χ1v) is 10.9. The molecule has 3 aromatic rings. The van der Waals surface area contributed by atoms with Crippen molar-refractivity contribution in [1.82, 2.24) is 10.1 Å². The van der Waals surface area contributed by atoms with E-state index in [9.17, 15) is 14.4 Å². The molecule has 2 aromatic carbocycles. The molecule has 1 saturated heterocycles. The monoisotopic (exact) mass is 444 g/mol. The number of aromatic nitrogens is 1. The molecule has 1 unspecified atom stereocenters. The van der Waals surface area contributed by atoms with Crippen molar-refractivity contribution in [2.24, 2.45) is 0 Å². The minimum absolute atomic E-state index is 0.146. The van der Waals surface area contributed by atoms with Crippen LogP contribution in [0.2, 0.25) is 0 Å². The Bertz CT molecular complexity index is 1280. The lowest BCUT2D eigenvalue weighted by atomic mass is 10.0. The fourth-order valence-corrected chi connectivity index (χ4v) is 4.56. The summed E-state index contributed by atoms with van der Waals surface area (Å²) in [7, 11) is 0. The van der Waals surface area contributed by atoms with Crippen LogP contribution < -0.4 is 9.80 Å². The number of carbonyl (C=O) groups is 3. The second kappa shape index (κ2) is 7.88. The maximum atomic E-state index is 13.3. The van der Waals surface area contributed by atoms with Gasteiger partial charge in [0.2, 0.25) is 0 Å². The van der Waals surface area contributed by atoms with Gasteiger partial charge in [0.15, 0.2) is 5.82 Å². The Morgan fingerprint density at radius 2 is 1.79 bits per heavy atom. The molecule has 1 fully saturated rings. The number of imide groups is 1. The van der Waals surface area contributed by atoms with Gasteiger partial charge in [0.1, 0.15) is 5.76 Å². The van der Waals surface area contributed by atoms with Crippen LogP contribution in [-0.2, 0) is 0 Å². The molecular formula is C25H24N4O4. The Morgan fingerprint density at radius 3 is 2.48 bits per heavy atom. The zero-order valence-corrected chi connectivity index (χ0v) is 18.7. The lowest BCUT2D eigenvalue weighted by Crippen LogP contribution is -2.53. The van der Waals surface area contributed by atoms with Gasteiger partial charge in [-0.3, -0.25) is 14.4 Å². The summed E-state index contributed by atoms with van der Waals surface area (Å²) < 4.78 is 5.01. The number of aryl methyl sites for hydroxylation is 2. The Labute approximate surface area is 191 Å². The molecule has 0 spiro atoms. The van der Waals surface area contributed by atoms with E-state index in [0.29, 0.717) is 24.4 Å². The van der Waals surface area contributed by atoms with Crippen LogP contribution >= 0.6 is 0 Å². The molecule has 0 aliphatic carbocycles. The highest BCUT2D eigenvalue weighted by Gasteiger charge is 2.39. The fraction of sp³-hybridized carbons (Fsp3) is 0.280. The van der Waals surface area contributed by atoms with Crippen LogP contribution in [0.25, 0.3) is 0 Å². The van der Waals surface area contributed by atoms with Gasteiger partial charge < -0.3 is 14.3 Å². The summed E-state index contributed by atoms with van der Waals surface area (Å²) in [4.78, 5) is 44.0. The summed E-state index contributed by atoms with van der Waals surface area (Å²) in [6.07, 6.45) is 0. The normalized spacial score (nSPS) is 18.2. The minimum atomic E-state index is -0.504. The summed E-state index contributed by atoms with van der Waals surface area (Å²) in [5.41, 5.74) is 3.21. The molecule has 3 amide bonds. The van der Waals surface area contributed by atoms with Crippen molar-refractivity contribution < 1.29 is 18.9 Å². The minimum Gasteiger partial charge on any atom is -0.365 e. The fourth-order valence-electron chi connectivity index (χ4n) is 4.56. The predicted molar refractivity (Wildman–Crippen MR) is 123 cm³/mol. The highest BCUT2D eigenvalue weighted by atomic mass is 16.5. The van der Waals surface area contributed by atoms with E-state index in [1.165, 1.54) is 17.7 Å². The lowest BCUT2D eigenvalue weighted by molar-refractivity contribution is 0.0726. The smallest absolute Gasteiger partial charge is 0.267 e. The van der Waals surface area contributed by atoms with Crippen molar-refractivity contribution in [3.63, 3.8) is 0 Å². The van der Waals surface area contributed by atoms with Crippen molar-refractivity contribution in [2.45, 2.75) is 26.8 Å². The molecule has 0 saturated carbocycles. The average Bonchev–Trinajstić information content (AvgIpc) is 3.33. The first-order valence-electron chi connectivity index (χ1n) is 10.9. The summed E-state index contributed by atoms with van der Waals surface area (Å²) >= 11 is 0. The summed E-state index contributed by atoms with van der Waals surface area (Å²) in [6.45, 7) is 7.72. The summed E-state index contributed by atoms with van der Waals surface area (Å²) in [5, 5.41) is 3.79. The van der Waals surface area contributed by atoms with Crippen molar-refractivity contribution in [3.05, 3.63) is 76.5 Å². The zero-order chi connectivity index (χ0) is 23.3. The molecule has 2 aliphatic rings. The first kappa shape index (κ1) is 20.9. The van der Waals surface area contributed by atoms with Gasteiger partial charge in [0, 0.05) is 43.0 Å². The van der Waals surface area contributed by atoms with E-state index in [-0.39, 0.29) is 28.9 Å². The van der Waals surface area contributed by atoms with Crippen LogP contribution in [0.5, 0.6) is 0 Å². The van der Waals surface area contributed by atoms with E-state index in [1.54, 1.807) is 24.0 Å². The molecular weight excluding hydrogens is 420 g/mol. The Balaban J connectivity index is 1.35. The van der Waals surface area contributed by atoms with Crippen LogP contribution in [-0.4, -0.2) is 53.5 Å². The first-order chi connectivity index (χ1) is 15.8. The van der Waals surface area contributed by atoms with Crippen molar-refractivity contribution in [1.29, 1.82) is 0 Å². The number of hydrogen-bond donors (Lipinski definition) is 0. The Morgan fingerprint density at radius 1 is 1.00 bits per heavy atom. The van der Waals surface area contributed by atoms with Crippen LogP contribution in [0.4, 0.5) is 11.5 Å². The second-order valence-electron chi connectivity index (χ2n) is 8.63. The third-order valence-electron chi connectivity index (χ3n) is 6.23. The molecule has 8 heteroatoms. The second-order valence-corrected chi connectivity index (χ2v) is 8.63. The summed E-state index contributed by atoms with van der Waals surface area (Å²) in [5.74, 6) is -0.480. The number of benzene rings is 2. The van der Waals surface area contributed by atoms with E-state index in [2.05, 4.69) is 42.1 Å². The zero-order valence-electron chi connectivity index (χ0n) is 18.7. The van der Waals surface area contributed by atoms with E-state index < -0.39 is 11.8 Å². The number of fused-ring (bicyclic) bond motifs is 1. The van der Waals surface area contributed by atoms with Gasteiger partial charge >= 0.3 is 0 Å². The van der Waals surface area contributed by atoms with Gasteiger partial charge in [-0.05, 0) is 56.7 Å². The molecule has 8 nitrogen and oxygen atoms in total. The van der Waals surface area contributed by atoms with Gasteiger partial charge in [-0.2, -0.15) is 0 Å². The molecule has 168 valence electrons. The molecule has 0 N–H and O–H groups in total. The van der Waals surface area contributed by atoms with Crippen LogP contribution in [0, 0.1) is 13.8 Å². The number of piperazine rings is 1. The molecule has 1 aromatic heterocycles. The van der Waals surface area contributed by atoms with Gasteiger partial charge in [-0.1, -0.05) is 17.3 Å². The number of nitrogens with zero attached hydrogens (tertiary/aromatic N) is 4. The summed E-state index contributed by atoms with van der Waals surface area (Å²) in [6, 6.07) is 14.7. The van der Waals surface area contributed by atoms with E-state index >= 15 is 0 Å². The highest BCUT2D eigenvalue weighted by Crippen LogP contribution is 2.29. The molecule has 1 atom stereocenters. The highest BCUT2D eigenvalue weighted by molar-refractivity contribution is 6.34. The van der Waals surface area contributed by atoms with Crippen LogP contribution in [0.1, 0.15) is 49.3 Å². The van der Waals surface area contributed by atoms with Crippen molar-refractivity contribution in [3.8, 4) is 0 Å². The molecule has 0 bridgehead atoms. The average molecular weight is 444 g/mol. The number of anilines is 2. The predicted octanol–water partition coefficient (Wildman–Crippen LogP) is 3.44. The van der Waals surface area contributed by atoms with Gasteiger partial charge in [0.25, 0.3) is 17.7 Å². The lowest BCUT2D eigenvalue weighted by Gasteiger charge is -2.41. The van der Waals surface area contributed by atoms with Crippen LogP contribution in [0.15, 0.2) is 53.1 Å². The standard InChI is InChI=1S/C25H24N4O4/c1-15-5-4-6-19(11-15)28-10-9-27(14-16(28)2)23(30)18-7-8-20-21(13-18)25(32)29(24(20)31)22-12-17(3)33-26-22/h4-8,11-13,16H,9-10,14H2,1-3H3. The molecule has 0 radical (unpaired) electrons. The van der Waals surface area contributed by atoms with Crippen molar-refractivity contribution >= 4 is 29.2 Å². The largest absolute Gasteiger partial charge is 0.365 e. The molecule has 33 heavy (non-hydrogen) atoms. The molecule has 2 aliphatic heterocycles. The number of amides is 3. The Kier molecular flexibility index (Phi) is 5.00. The number of rotatable bonds is 3. The van der Waals surface area contributed by atoms with Gasteiger partial charge in [-0.15, -0.1) is 0 Å². The topological polar surface area (TPSA) is 87.0 Å². The van der Waals surface area contributed by atoms with Crippen molar-refractivity contribution in [2.75, 3.05) is 29.4 Å². The third-order valence-corrected chi connectivity index (χ3v) is 6.23. The third kappa shape index (κ3) is 3.57. The van der Waals surface area contributed by atoms with E-state index in [0.717, 1.165) is 17.1 Å². The number of hydrogen-bond acceptors (Lipinski definition) is 6. The maximum absolute atomic E-state index is 13.3. The van der Waals surface area contributed by atoms with E-state index in [4.69, 9.17) is 4.52 Å².